The zero-order chi connectivity index (χ0) is 24.5. The summed E-state index contributed by atoms with van der Waals surface area (Å²) in [5.74, 6) is 0. The molecule has 0 aliphatic carbocycles. The molecule has 0 radical (unpaired) electrons. The fourth-order valence-electron chi connectivity index (χ4n) is 0. The highest BCUT2D eigenvalue weighted by atomic mass is 13.6. The predicted molar refractivity (Wildman–Crippen MR) is 160 cm³/mol. The molecule has 0 bridgehead atoms. The Morgan fingerprint density at radius 2 is 0.233 bits per heavy atom. The summed E-state index contributed by atoms with van der Waals surface area (Å²) < 4.78 is 0. The fraction of sp³-hybridized carbons (Fsp3) is 1.00. The number of rotatable bonds is 4. The maximum atomic E-state index is 2.18. The molecule has 0 saturated heterocycles. The molecular weight excluding hydrogens is 360 g/mol. The van der Waals surface area contributed by atoms with Gasteiger partial charge in [0.2, 0.25) is 0 Å². The first-order valence-electron chi connectivity index (χ1n) is 13.3. The summed E-state index contributed by atoms with van der Waals surface area (Å²) in [7, 11) is 0. The molecule has 0 amide bonds. The lowest BCUT2D eigenvalue weighted by Gasteiger charge is -1.68. The Labute approximate surface area is 202 Å². The SMILES string of the molecule is C.C.CCC.CCC.CCC.CCC.CCCC.CCCC.CCCC.CCCC. The first kappa shape index (κ1) is 63.1. The van der Waals surface area contributed by atoms with Gasteiger partial charge in [0.1, 0.15) is 0 Å². The molecule has 0 heteroatoms. The van der Waals surface area contributed by atoms with Gasteiger partial charge in [-0.1, -0.05) is 203 Å². The fourth-order valence-corrected chi connectivity index (χ4v) is 0. The average Bonchev–Trinajstić information content (AvgIpc) is 2.70. The van der Waals surface area contributed by atoms with E-state index in [0.29, 0.717) is 0 Å². The van der Waals surface area contributed by atoms with Gasteiger partial charge < -0.3 is 0 Å². The Morgan fingerprint density at radius 3 is 0.233 bits per heavy atom. The largest absolute Gasteiger partial charge is 0.0776 e. The van der Waals surface area contributed by atoms with Gasteiger partial charge in [-0.25, -0.2) is 0 Å². The van der Waals surface area contributed by atoms with Gasteiger partial charge in [0.05, 0.1) is 0 Å². The number of unbranched alkanes of at least 4 members (excludes halogenated alkanes) is 4. The van der Waals surface area contributed by atoms with Crippen LogP contribution in [0.25, 0.3) is 0 Å². The highest BCUT2D eigenvalue weighted by Gasteiger charge is 1.57. The minimum Gasteiger partial charge on any atom is -0.0776 e. The normalized spacial score (nSPS) is 6.40. The Kier molecular flexibility index (Phi) is 332. The summed E-state index contributed by atoms with van der Waals surface area (Å²) >= 11 is 0. The van der Waals surface area contributed by atoms with E-state index in [2.05, 4.69) is 111 Å². The van der Waals surface area contributed by atoms with Gasteiger partial charge >= 0.3 is 0 Å². The second kappa shape index (κ2) is 158. The van der Waals surface area contributed by atoms with E-state index in [1.807, 2.05) is 0 Å². The van der Waals surface area contributed by atoms with Crippen molar-refractivity contribution in [1.82, 2.24) is 0 Å². The van der Waals surface area contributed by atoms with Crippen LogP contribution in [0.2, 0.25) is 0 Å². The molecule has 0 unspecified atom stereocenters. The zero-order valence-corrected chi connectivity index (χ0v) is 24.5. The van der Waals surface area contributed by atoms with Gasteiger partial charge in [-0.05, 0) is 0 Å². The Bertz CT molecular complexity index is 54.0. The third-order valence-corrected chi connectivity index (χ3v) is 2.00. The summed E-state index contributed by atoms with van der Waals surface area (Å²) in [6, 6.07) is 0. The van der Waals surface area contributed by atoms with Crippen molar-refractivity contribution in [3.05, 3.63) is 0 Å². The molecular formula is C30H80. The van der Waals surface area contributed by atoms with E-state index in [-0.39, 0.29) is 14.9 Å². The number of hydrogen-bond donors (Lipinski definition) is 0. The van der Waals surface area contributed by atoms with Gasteiger partial charge in [-0.2, -0.15) is 0 Å². The van der Waals surface area contributed by atoms with Crippen LogP contribution < -0.4 is 0 Å². The first-order valence-corrected chi connectivity index (χ1v) is 13.3. The molecule has 0 aromatic rings. The average molecular weight is 441 g/mol. The third kappa shape index (κ3) is 1280. The van der Waals surface area contributed by atoms with Crippen LogP contribution in [0.5, 0.6) is 0 Å². The molecule has 30 heavy (non-hydrogen) atoms. The van der Waals surface area contributed by atoms with E-state index in [4.69, 9.17) is 0 Å². The molecule has 0 N–H and O–H groups in total. The van der Waals surface area contributed by atoms with Gasteiger partial charge in [0, 0.05) is 0 Å². The maximum Gasteiger partial charge on any atom is -0.0564 e. The van der Waals surface area contributed by atoms with Crippen LogP contribution >= 0.6 is 0 Å². The predicted octanol–water partition coefficient (Wildman–Crippen LogP) is 14.2. The highest BCUT2D eigenvalue weighted by molar-refractivity contribution is 4.13. The van der Waals surface area contributed by atoms with Crippen LogP contribution in [0.3, 0.4) is 0 Å². The molecule has 0 aromatic heterocycles. The lowest BCUT2D eigenvalue weighted by atomic mass is 10.4. The summed E-state index contributed by atoms with van der Waals surface area (Å²) in [4.78, 5) is 0. The van der Waals surface area contributed by atoms with Gasteiger partial charge in [0.15, 0.2) is 0 Å². The Hall–Kier alpha value is 0. The van der Waals surface area contributed by atoms with Crippen LogP contribution in [-0.4, -0.2) is 0 Å². The van der Waals surface area contributed by atoms with E-state index in [9.17, 15) is 0 Å². The molecule has 200 valence electrons. The minimum absolute atomic E-state index is 0. The van der Waals surface area contributed by atoms with Crippen molar-refractivity contribution in [1.29, 1.82) is 0 Å². The Morgan fingerprint density at radius 1 is 0.200 bits per heavy atom. The van der Waals surface area contributed by atoms with Gasteiger partial charge in [-0.15, -0.1) is 0 Å². The minimum atomic E-state index is 0. The summed E-state index contributed by atoms with van der Waals surface area (Å²) in [6.45, 7) is 34.4. The molecule has 0 spiro atoms. The molecule has 0 fully saturated rings. The van der Waals surface area contributed by atoms with Crippen molar-refractivity contribution in [3.63, 3.8) is 0 Å². The maximum absolute atomic E-state index is 2.18. The Balaban J connectivity index is -0.0000000189. The first-order chi connectivity index (χ1) is 13.3. The van der Waals surface area contributed by atoms with Crippen molar-refractivity contribution in [2.45, 2.75) is 203 Å². The van der Waals surface area contributed by atoms with Gasteiger partial charge in [0.25, 0.3) is 0 Å². The van der Waals surface area contributed by atoms with Crippen molar-refractivity contribution < 1.29 is 0 Å². The zero-order valence-electron chi connectivity index (χ0n) is 24.5. The molecule has 0 nitrogen and oxygen atoms in total. The van der Waals surface area contributed by atoms with Crippen molar-refractivity contribution in [3.8, 4) is 0 Å². The van der Waals surface area contributed by atoms with Gasteiger partial charge in [-0.3, -0.25) is 0 Å². The molecule has 0 rings (SSSR count). The van der Waals surface area contributed by atoms with Crippen LogP contribution in [0, 0.1) is 0 Å². The standard InChI is InChI=1S/4C4H10.4C3H8.2CH4/c4*1-3-4-2;4*1-3-2;;/h4*3-4H2,1-2H3;4*3H2,1-2H3;2*1H4. The molecule has 0 aliphatic rings. The molecule has 0 aliphatic heterocycles. The molecule has 0 heterocycles. The smallest absolute Gasteiger partial charge is 0.0564 e. The molecule has 0 aromatic carbocycles. The van der Waals surface area contributed by atoms with Crippen molar-refractivity contribution >= 4 is 0 Å². The van der Waals surface area contributed by atoms with Crippen molar-refractivity contribution in [2.24, 2.45) is 0 Å². The van der Waals surface area contributed by atoms with E-state index in [1.54, 1.807) is 0 Å². The quantitative estimate of drug-likeness (QED) is 0.407. The lowest BCUT2D eigenvalue weighted by molar-refractivity contribution is 0.886. The molecule has 0 atom stereocenters. The van der Waals surface area contributed by atoms with Crippen LogP contribution in [0.15, 0.2) is 0 Å². The lowest BCUT2D eigenvalue weighted by Crippen LogP contribution is -1.47. The summed E-state index contributed by atoms with van der Waals surface area (Å²) in [6.07, 6.45) is 15.6. The highest BCUT2D eigenvalue weighted by Crippen LogP contribution is 1.78. The number of hydrogen-bond acceptors (Lipinski definition) is 0. The van der Waals surface area contributed by atoms with E-state index in [0.717, 1.165) is 0 Å². The topological polar surface area (TPSA) is 0 Å². The van der Waals surface area contributed by atoms with E-state index < -0.39 is 0 Å². The van der Waals surface area contributed by atoms with Crippen LogP contribution in [0.1, 0.15) is 203 Å². The molecule has 0 saturated carbocycles. The van der Waals surface area contributed by atoms with Crippen LogP contribution in [0.4, 0.5) is 0 Å². The van der Waals surface area contributed by atoms with Crippen LogP contribution in [-0.2, 0) is 0 Å². The van der Waals surface area contributed by atoms with E-state index in [1.165, 1.54) is 77.0 Å². The second-order valence-corrected chi connectivity index (χ2v) is 6.83. The van der Waals surface area contributed by atoms with Crippen molar-refractivity contribution in [2.75, 3.05) is 0 Å². The van der Waals surface area contributed by atoms with E-state index >= 15 is 0 Å². The second-order valence-electron chi connectivity index (χ2n) is 6.83. The summed E-state index contributed by atoms with van der Waals surface area (Å²) in [5, 5.41) is 0. The summed E-state index contributed by atoms with van der Waals surface area (Å²) in [5.41, 5.74) is 0. The monoisotopic (exact) mass is 441 g/mol. The third-order valence-electron chi connectivity index (χ3n) is 2.00.